The number of aliphatic imine (C=N–C) groups is 1. The molecular weight excluding hydrogens is 314 g/mol. The molecule has 0 radical (unpaired) electrons. The van der Waals surface area contributed by atoms with Crippen molar-refractivity contribution in [2.45, 2.75) is 6.54 Å². The number of hydrogen-bond donors (Lipinski definition) is 1. The average Bonchev–Trinajstić information content (AvgIpc) is 2.81. The first-order valence-electron chi connectivity index (χ1n) is 5.68. The van der Waals surface area contributed by atoms with Crippen LogP contribution >= 0.6 is 15.9 Å². The van der Waals surface area contributed by atoms with Crippen molar-refractivity contribution in [1.29, 1.82) is 0 Å². The Morgan fingerprint density at radius 3 is 2.74 bits per heavy atom. The average molecular weight is 323 g/mol. The van der Waals surface area contributed by atoms with Crippen molar-refractivity contribution in [3.63, 3.8) is 0 Å². The topological polar surface area (TPSA) is 24.4 Å². The number of rotatable bonds is 2. The van der Waals surface area contributed by atoms with E-state index >= 15 is 0 Å². The monoisotopic (exact) mass is 322 g/mol. The van der Waals surface area contributed by atoms with Crippen molar-refractivity contribution >= 4 is 33.5 Å². The van der Waals surface area contributed by atoms with E-state index in [1.165, 1.54) is 6.07 Å². The molecule has 2 nitrogen and oxygen atoms in total. The number of fused-ring (bicyclic) bond motifs is 1. The summed E-state index contributed by atoms with van der Waals surface area (Å²) < 4.78 is 26.9. The zero-order valence-corrected chi connectivity index (χ0v) is 11.3. The SMILES string of the molecule is Fc1ccc(Nc2cc3c(cc2Br)CN=C3)cc1F. The van der Waals surface area contributed by atoms with E-state index in [0.29, 0.717) is 12.2 Å². The van der Waals surface area contributed by atoms with E-state index < -0.39 is 11.6 Å². The summed E-state index contributed by atoms with van der Waals surface area (Å²) in [6, 6.07) is 7.62. The largest absolute Gasteiger partial charge is 0.354 e. The molecule has 0 aliphatic carbocycles. The molecule has 0 fully saturated rings. The number of nitrogens with one attached hydrogen (secondary N) is 1. The first-order valence-corrected chi connectivity index (χ1v) is 6.47. The van der Waals surface area contributed by atoms with Gasteiger partial charge in [-0.25, -0.2) is 8.78 Å². The second-order valence-corrected chi connectivity index (χ2v) is 5.11. The Hall–Kier alpha value is -1.75. The molecule has 19 heavy (non-hydrogen) atoms. The van der Waals surface area contributed by atoms with Gasteiger partial charge in [0.15, 0.2) is 11.6 Å². The Bertz CT molecular complexity index is 683. The lowest BCUT2D eigenvalue weighted by atomic mass is 10.1. The lowest BCUT2D eigenvalue weighted by Crippen LogP contribution is -1.96. The number of hydrogen-bond acceptors (Lipinski definition) is 2. The molecular formula is C14H9BrF2N2. The molecule has 0 saturated heterocycles. The second-order valence-electron chi connectivity index (χ2n) is 4.25. The minimum atomic E-state index is -0.871. The van der Waals surface area contributed by atoms with Gasteiger partial charge < -0.3 is 5.32 Å². The third-order valence-corrected chi connectivity index (χ3v) is 3.58. The Kier molecular flexibility index (Phi) is 3.06. The van der Waals surface area contributed by atoms with Gasteiger partial charge in [-0.3, -0.25) is 4.99 Å². The normalized spacial score (nSPS) is 12.6. The highest BCUT2D eigenvalue weighted by Gasteiger charge is 2.11. The molecule has 1 aliphatic rings. The maximum absolute atomic E-state index is 13.2. The number of halogens is 3. The fourth-order valence-electron chi connectivity index (χ4n) is 1.96. The van der Waals surface area contributed by atoms with Gasteiger partial charge in [0.2, 0.25) is 0 Å². The van der Waals surface area contributed by atoms with Crippen LogP contribution in [0, 0.1) is 11.6 Å². The predicted octanol–water partition coefficient (Wildman–Crippen LogP) is 4.40. The van der Waals surface area contributed by atoms with E-state index in [2.05, 4.69) is 26.2 Å². The highest BCUT2D eigenvalue weighted by atomic mass is 79.9. The van der Waals surface area contributed by atoms with Crippen LogP contribution in [-0.2, 0) is 6.54 Å². The molecule has 2 aromatic carbocycles. The molecule has 1 heterocycles. The first-order chi connectivity index (χ1) is 9.13. The molecule has 0 aromatic heterocycles. The van der Waals surface area contributed by atoms with Crippen molar-refractivity contribution in [3.8, 4) is 0 Å². The van der Waals surface area contributed by atoms with Crippen molar-refractivity contribution in [2.24, 2.45) is 4.99 Å². The van der Waals surface area contributed by atoms with Crippen molar-refractivity contribution in [3.05, 3.63) is 57.6 Å². The zero-order valence-electron chi connectivity index (χ0n) is 9.75. The fourth-order valence-corrected chi connectivity index (χ4v) is 2.45. The van der Waals surface area contributed by atoms with Crippen LogP contribution in [-0.4, -0.2) is 6.21 Å². The molecule has 0 bridgehead atoms. The number of nitrogens with zero attached hydrogens (tertiary/aromatic N) is 1. The number of benzene rings is 2. The van der Waals surface area contributed by atoms with E-state index in [4.69, 9.17) is 0 Å². The van der Waals surface area contributed by atoms with Gasteiger partial charge in [-0.05, 0) is 51.3 Å². The molecule has 5 heteroatoms. The Labute approximate surface area is 117 Å². The van der Waals surface area contributed by atoms with Crippen LogP contribution in [0.1, 0.15) is 11.1 Å². The van der Waals surface area contributed by atoms with Crippen molar-refractivity contribution in [2.75, 3.05) is 5.32 Å². The van der Waals surface area contributed by atoms with E-state index in [9.17, 15) is 8.78 Å². The van der Waals surface area contributed by atoms with Crippen LogP contribution in [0.2, 0.25) is 0 Å². The van der Waals surface area contributed by atoms with E-state index in [0.717, 1.165) is 33.4 Å². The highest BCUT2D eigenvalue weighted by molar-refractivity contribution is 9.10. The van der Waals surface area contributed by atoms with Gasteiger partial charge in [0.25, 0.3) is 0 Å². The summed E-state index contributed by atoms with van der Waals surface area (Å²) in [7, 11) is 0. The minimum Gasteiger partial charge on any atom is -0.354 e. The van der Waals surface area contributed by atoms with Gasteiger partial charge >= 0.3 is 0 Å². The Morgan fingerprint density at radius 2 is 1.95 bits per heavy atom. The molecule has 96 valence electrons. The Morgan fingerprint density at radius 1 is 1.11 bits per heavy atom. The second kappa shape index (κ2) is 4.74. The smallest absolute Gasteiger partial charge is 0.160 e. The van der Waals surface area contributed by atoms with Gasteiger partial charge in [-0.2, -0.15) is 0 Å². The molecule has 0 amide bonds. The van der Waals surface area contributed by atoms with Gasteiger partial charge in [-0.15, -0.1) is 0 Å². The maximum Gasteiger partial charge on any atom is 0.160 e. The van der Waals surface area contributed by atoms with Crippen LogP contribution in [0.4, 0.5) is 20.2 Å². The highest BCUT2D eigenvalue weighted by Crippen LogP contribution is 2.31. The van der Waals surface area contributed by atoms with Crippen LogP contribution < -0.4 is 5.32 Å². The summed E-state index contributed by atoms with van der Waals surface area (Å²) in [5.41, 5.74) is 3.46. The third kappa shape index (κ3) is 2.38. The van der Waals surface area contributed by atoms with Crippen molar-refractivity contribution < 1.29 is 8.78 Å². The van der Waals surface area contributed by atoms with E-state index in [-0.39, 0.29) is 0 Å². The summed E-state index contributed by atoms with van der Waals surface area (Å²) in [4.78, 5) is 4.18. The van der Waals surface area contributed by atoms with Crippen LogP contribution in [0.15, 0.2) is 39.8 Å². The standard InChI is InChI=1S/C14H9BrF2N2/c15-11-3-8-6-18-7-9(8)4-14(11)19-10-1-2-12(16)13(17)5-10/h1-5,7,19H,6H2. The zero-order chi connectivity index (χ0) is 13.4. The molecule has 0 atom stereocenters. The van der Waals surface area contributed by atoms with E-state index in [1.807, 2.05) is 12.1 Å². The summed E-state index contributed by atoms with van der Waals surface area (Å²) in [5, 5.41) is 3.05. The van der Waals surface area contributed by atoms with Crippen LogP contribution in [0.5, 0.6) is 0 Å². The van der Waals surface area contributed by atoms with Gasteiger partial charge in [0.05, 0.1) is 12.2 Å². The minimum absolute atomic E-state index is 0.495. The summed E-state index contributed by atoms with van der Waals surface area (Å²) in [5.74, 6) is -1.73. The maximum atomic E-state index is 13.2. The van der Waals surface area contributed by atoms with E-state index in [1.54, 1.807) is 6.21 Å². The fraction of sp³-hybridized carbons (Fsp3) is 0.0714. The summed E-state index contributed by atoms with van der Waals surface area (Å²) in [6.45, 7) is 0.680. The van der Waals surface area contributed by atoms with Gasteiger partial charge in [-0.1, -0.05) is 0 Å². The molecule has 3 rings (SSSR count). The molecule has 1 N–H and O–H groups in total. The lowest BCUT2D eigenvalue weighted by Gasteiger charge is -2.11. The molecule has 0 saturated carbocycles. The number of anilines is 2. The summed E-state index contributed by atoms with van der Waals surface area (Å²) >= 11 is 3.45. The quantitative estimate of drug-likeness (QED) is 0.870. The van der Waals surface area contributed by atoms with Crippen LogP contribution in [0.3, 0.4) is 0 Å². The van der Waals surface area contributed by atoms with Crippen molar-refractivity contribution in [1.82, 2.24) is 0 Å². The third-order valence-electron chi connectivity index (χ3n) is 2.92. The molecule has 0 spiro atoms. The molecule has 0 unspecified atom stereocenters. The van der Waals surface area contributed by atoms with Gasteiger partial charge in [0, 0.05) is 22.4 Å². The lowest BCUT2D eigenvalue weighted by molar-refractivity contribution is 0.509. The van der Waals surface area contributed by atoms with Crippen LogP contribution in [0.25, 0.3) is 0 Å². The first kappa shape index (κ1) is 12.3. The molecule has 2 aromatic rings. The molecule has 1 aliphatic heterocycles. The van der Waals surface area contributed by atoms with Gasteiger partial charge in [0.1, 0.15) is 0 Å². The summed E-state index contributed by atoms with van der Waals surface area (Å²) in [6.07, 6.45) is 1.80. The predicted molar refractivity (Wildman–Crippen MR) is 75.1 cm³/mol. The Balaban J connectivity index is 1.94.